The van der Waals surface area contributed by atoms with Crippen molar-refractivity contribution in [3.63, 3.8) is 0 Å². The molecule has 8 aromatic rings. The van der Waals surface area contributed by atoms with E-state index in [1.165, 1.54) is 18.3 Å². The second-order valence-corrected chi connectivity index (χ2v) is 30.7. The molecule has 8 fully saturated rings. The lowest BCUT2D eigenvalue weighted by Crippen LogP contribution is -2.47. The topological polar surface area (TPSA) is 349 Å². The number of imide groups is 4. The first-order valence-electron chi connectivity index (χ1n) is 36.6. The number of hydrogen-bond acceptors (Lipinski definition) is 31. The van der Waals surface area contributed by atoms with E-state index in [-0.39, 0.29) is 49.9 Å². The first-order chi connectivity index (χ1) is 55.6. The smallest absolute Gasteiger partial charge is 0.290 e. The first kappa shape index (κ1) is 81.2. The summed E-state index contributed by atoms with van der Waals surface area (Å²) in [6.07, 6.45) is 15.4. The molecule has 0 radical (unpaired) electrons. The highest BCUT2D eigenvalue weighted by Crippen LogP contribution is 2.33. The van der Waals surface area contributed by atoms with Gasteiger partial charge in [-0.2, -0.15) is 8.78 Å². The molecule has 8 amide bonds. The van der Waals surface area contributed by atoms with Crippen LogP contribution in [0.2, 0.25) is 0 Å². The van der Waals surface area contributed by atoms with Crippen LogP contribution in [0.4, 0.5) is 73.5 Å². The third-order valence-electron chi connectivity index (χ3n) is 18.5. The quantitative estimate of drug-likeness (QED) is 0.0616. The van der Waals surface area contributed by atoms with Gasteiger partial charge in [-0.15, -0.1) is 0 Å². The molecule has 4 N–H and O–H groups in total. The Labute approximate surface area is 675 Å². The number of benzene rings is 3. The van der Waals surface area contributed by atoms with Gasteiger partial charge in [-0.1, -0.05) is 43.3 Å². The molecule has 5 aromatic heterocycles. The summed E-state index contributed by atoms with van der Waals surface area (Å²) in [7, 11) is 0. The van der Waals surface area contributed by atoms with E-state index in [9.17, 15) is 51.5 Å². The number of piperazine rings is 4. The minimum atomic E-state index is -3.03. The van der Waals surface area contributed by atoms with Gasteiger partial charge in [0.05, 0.1) is 48.1 Å². The lowest BCUT2D eigenvalue weighted by molar-refractivity contribution is -0.116. The molecule has 0 unspecified atom stereocenters. The second-order valence-electron chi connectivity index (χ2n) is 26.6. The number of carbonyl (C=O) groups excluding carboxylic acids is 8. The van der Waals surface area contributed by atoms with Crippen LogP contribution in [0.3, 0.4) is 0 Å². The number of rotatable bonds is 17. The fourth-order valence-corrected chi connectivity index (χ4v) is 15.3. The van der Waals surface area contributed by atoms with Crippen molar-refractivity contribution in [3.05, 3.63) is 199 Å². The average Bonchev–Trinajstić information content (AvgIpc) is 1.47. The normalized spacial score (nSPS) is 18.8. The molecular weight excluding hydrogens is 1560 g/mol. The lowest BCUT2D eigenvalue weighted by atomic mass is 10.2. The summed E-state index contributed by atoms with van der Waals surface area (Å²) in [4.78, 5) is 154. The maximum absolute atomic E-state index is 14.2. The van der Waals surface area contributed by atoms with Gasteiger partial charge in [0.15, 0.2) is 0 Å². The van der Waals surface area contributed by atoms with Crippen molar-refractivity contribution in [2.75, 3.05) is 146 Å². The van der Waals surface area contributed by atoms with E-state index in [1.54, 1.807) is 73.3 Å². The van der Waals surface area contributed by atoms with E-state index in [2.05, 4.69) is 122 Å². The average molecular weight is 1640 g/mol. The summed E-state index contributed by atoms with van der Waals surface area (Å²) in [5.41, 5.74) is 5.80. The van der Waals surface area contributed by atoms with Gasteiger partial charge in [-0.25, -0.2) is 54.2 Å². The number of aromatic nitrogens is 10. The minimum absolute atomic E-state index is 0.208. The predicted molar refractivity (Wildman–Crippen MR) is 437 cm³/mol. The summed E-state index contributed by atoms with van der Waals surface area (Å²) in [6, 6.07) is 31.6. The zero-order chi connectivity index (χ0) is 80.5. The molecule has 3 aromatic carbocycles. The molecule has 38 heteroatoms. The van der Waals surface area contributed by atoms with Gasteiger partial charge in [0, 0.05) is 148 Å². The summed E-state index contributed by atoms with van der Waals surface area (Å²) in [5.74, 6) is -1.42. The molecule has 0 bridgehead atoms. The Bertz CT molecular complexity index is 5080. The van der Waals surface area contributed by atoms with E-state index < -0.39 is 23.0 Å². The summed E-state index contributed by atoms with van der Waals surface area (Å²) < 4.78 is 47.2. The monoisotopic (exact) mass is 1640 g/mol. The highest BCUT2D eigenvalue weighted by atomic mass is 32.2. The number of hydrogen-bond donors (Lipinski definition) is 4. The molecule has 13 heterocycles. The van der Waals surface area contributed by atoms with Crippen LogP contribution >= 0.6 is 47.0 Å². The van der Waals surface area contributed by atoms with Gasteiger partial charge in [0.25, 0.3) is 50.5 Å². The van der Waals surface area contributed by atoms with E-state index in [1.807, 2.05) is 69.0 Å². The van der Waals surface area contributed by atoms with Crippen molar-refractivity contribution >= 4 is 157 Å². The van der Waals surface area contributed by atoms with Crippen molar-refractivity contribution in [2.45, 2.75) is 39.7 Å². The van der Waals surface area contributed by atoms with Crippen LogP contribution in [0.5, 0.6) is 5.75 Å². The Kier molecular flexibility index (Phi) is 26.7. The van der Waals surface area contributed by atoms with E-state index in [0.717, 1.165) is 142 Å². The Morgan fingerprint density at radius 1 is 0.426 bits per heavy atom. The fourth-order valence-electron chi connectivity index (χ4n) is 12.6. The SMILES string of the molecule is CC(F)(F)c1ccnc(N2CCN(c3nccc(/C=C4\SC(=O)NC4=O)n3)CC2)n1.CCCN1CCN(c2nccc(/C=C3\SC(=O)NC3=O)n2)CC1.Cc1ccc(N2CCN(c3nccc(/C=C4\SC(=O)NC4=O)n3)CC2)c(F)c1.O=C1NC(=O)/C(=C/c2ccnc(N3CCN(c4ccc(OCc5ccccc5)cc4)CC3)n2)S1. The van der Waals surface area contributed by atoms with Gasteiger partial charge >= 0.3 is 0 Å². The number of amides is 8. The predicted octanol–water partition coefficient (Wildman–Crippen LogP) is 9.64. The summed E-state index contributed by atoms with van der Waals surface area (Å²) in [5, 5.41) is 7.40. The number of carbonyl (C=O) groups is 8. The van der Waals surface area contributed by atoms with Crippen molar-refractivity contribution in [1.82, 2.24) is 76.0 Å². The Balaban J connectivity index is 0.000000135. The van der Waals surface area contributed by atoms with Gasteiger partial charge in [-0.05, 0) is 169 Å². The molecule has 16 rings (SSSR count). The van der Waals surface area contributed by atoms with Crippen LogP contribution in [-0.2, 0) is 31.7 Å². The zero-order valence-corrected chi connectivity index (χ0v) is 65.7. The lowest BCUT2D eigenvalue weighted by Gasteiger charge is -2.36. The molecule has 0 spiro atoms. The van der Waals surface area contributed by atoms with Gasteiger partial charge in [-0.3, -0.25) is 64.5 Å². The van der Waals surface area contributed by atoms with Crippen molar-refractivity contribution in [1.29, 1.82) is 0 Å². The molecule has 8 aliphatic rings. The molecule has 31 nitrogen and oxygen atoms in total. The van der Waals surface area contributed by atoms with Gasteiger partial charge < -0.3 is 39.0 Å². The zero-order valence-electron chi connectivity index (χ0n) is 62.4. The summed E-state index contributed by atoms with van der Waals surface area (Å²) >= 11 is 3.46. The first-order valence-corrected chi connectivity index (χ1v) is 39.9. The highest BCUT2D eigenvalue weighted by Gasteiger charge is 2.33. The fraction of sp³-hybridized carbons (Fsp3) is 0.299. The third-order valence-corrected chi connectivity index (χ3v) is 21.7. The number of nitrogens with one attached hydrogen (secondary N) is 4. The van der Waals surface area contributed by atoms with Crippen molar-refractivity contribution in [3.8, 4) is 5.75 Å². The van der Waals surface area contributed by atoms with Crippen molar-refractivity contribution in [2.24, 2.45) is 0 Å². The molecular formula is C77H77F3N22O9S4. The van der Waals surface area contributed by atoms with Gasteiger partial charge in [0.2, 0.25) is 29.7 Å². The van der Waals surface area contributed by atoms with Crippen LogP contribution in [0.15, 0.2) is 154 Å². The Morgan fingerprint density at radius 2 is 0.774 bits per heavy atom. The number of aryl methyl sites for hydroxylation is 1. The standard InChI is InChI=1S/C25H23N5O3S.C19H18FN5O2S.C18H17F2N7O2S.C15H19N5O2S/c31-23-22(34-25(32)28-23)16-19-10-11-26-24(27-19)30-14-12-29(13-15-30)20-6-8-21(9-7-20)33-17-18-4-2-1-3-5-18;1-12-2-3-15(14(20)10-12)24-6-8-25(9-7-24)18-21-5-4-13(22-18)11-16-17(26)23-19(27)28-16;1-18(19,20)13-3-5-22-16(24-13)27-8-6-26(7-9-27)15-21-4-2-11(23-15)10-12-14(28)25-17(29)30-12;1-2-5-19-6-8-20(9-7-19)14-16-4-3-11(17-14)10-12-13(21)18-15(22)23-12/h1-11,16H,12-15,17H2,(H,28,31,32);2-5,10-11H,6-9H2,1H3,(H,23,26,27);2-5,10H,6-9H2,1H3,(H,25,28,29);3-4,10H,2,5-9H2,1H3,(H,18,21,22)/b22-16-;16-11-;2*12-10-. The molecule has 115 heavy (non-hydrogen) atoms. The molecule has 0 saturated carbocycles. The van der Waals surface area contributed by atoms with Gasteiger partial charge in [0.1, 0.15) is 23.9 Å². The Hall–Kier alpha value is -11.9. The number of thioether (sulfide) groups is 4. The van der Waals surface area contributed by atoms with Crippen LogP contribution in [-0.4, -0.2) is 211 Å². The third kappa shape index (κ3) is 22.1. The molecule has 0 aliphatic carbocycles. The Morgan fingerprint density at radius 3 is 1.12 bits per heavy atom. The number of halogens is 3. The number of alkyl halides is 2. The maximum atomic E-state index is 14.2. The maximum Gasteiger partial charge on any atom is 0.290 e. The number of anilines is 7. The van der Waals surface area contributed by atoms with E-state index in [4.69, 9.17) is 4.74 Å². The van der Waals surface area contributed by atoms with Crippen LogP contribution in [0.25, 0.3) is 24.3 Å². The summed E-state index contributed by atoms with van der Waals surface area (Å²) in [6.45, 7) is 18.3. The van der Waals surface area contributed by atoms with Crippen LogP contribution in [0.1, 0.15) is 59.9 Å². The van der Waals surface area contributed by atoms with E-state index in [0.29, 0.717) is 126 Å². The van der Waals surface area contributed by atoms with Crippen LogP contribution < -0.4 is 60.3 Å². The number of ether oxygens (including phenoxy) is 1. The molecule has 8 aliphatic heterocycles. The molecule has 594 valence electrons. The minimum Gasteiger partial charge on any atom is -0.489 e. The second kappa shape index (κ2) is 37.8. The highest BCUT2D eigenvalue weighted by molar-refractivity contribution is 8.19. The van der Waals surface area contributed by atoms with Crippen LogP contribution in [0, 0.1) is 12.7 Å². The molecule has 0 atom stereocenters. The van der Waals surface area contributed by atoms with Crippen molar-refractivity contribution < 1.29 is 56.3 Å². The molecule has 8 saturated heterocycles. The van der Waals surface area contributed by atoms with E-state index >= 15 is 0 Å². The largest absolute Gasteiger partial charge is 0.489 e. The number of nitrogens with zero attached hydrogens (tertiary/aromatic N) is 18.